The third kappa shape index (κ3) is 2.72. The fraction of sp³-hybridized carbons (Fsp3) is 0.600. The molecule has 0 bridgehead atoms. The predicted molar refractivity (Wildman–Crippen MR) is 79.1 cm³/mol. The van der Waals surface area contributed by atoms with Crippen LogP contribution in [0.5, 0.6) is 5.75 Å². The smallest absolute Gasteiger partial charge is 0.125 e. The Labute approximate surface area is 118 Å². The number of ether oxygens (including phenoxy) is 1. The molecule has 2 atom stereocenters. The minimum absolute atomic E-state index is 0.185. The van der Waals surface area contributed by atoms with Crippen molar-refractivity contribution in [1.82, 2.24) is 0 Å². The molecule has 0 spiro atoms. The number of rotatable bonds is 4. The molecule has 2 nitrogen and oxygen atoms in total. The van der Waals surface area contributed by atoms with E-state index < -0.39 is 0 Å². The second-order valence-corrected chi connectivity index (χ2v) is 6.56. The molecule has 0 fully saturated rings. The Hall–Kier alpha value is -0.540. The van der Waals surface area contributed by atoms with Crippen LogP contribution in [0.4, 0.5) is 0 Å². The van der Waals surface area contributed by atoms with Crippen LogP contribution in [0.1, 0.15) is 38.3 Å². The van der Waals surface area contributed by atoms with Gasteiger partial charge in [-0.15, -0.1) is 0 Å². The molecule has 2 N–H and O–H groups in total. The van der Waals surface area contributed by atoms with Crippen molar-refractivity contribution in [3.8, 4) is 5.75 Å². The molecule has 1 heterocycles. The first-order chi connectivity index (χ1) is 8.44. The highest BCUT2D eigenvalue weighted by molar-refractivity contribution is 9.10. The highest BCUT2D eigenvalue weighted by Crippen LogP contribution is 2.36. The van der Waals surface area contributed by atoms with Crippen molar-refractivity contribution >= 4 is 15.9 Å². The van der Waals surface area contributed by atoms with Crippen LogP contribution >= 0.6 is 15.9 Å². The van der Waals surface area contributed by atoms with Gasteiger partial charge in [0.1, 0.15) is 5.75 Å². The molecule has 1 aromatic carbocycles. The SMILES string of the molecule is CCC(C)C(C)(N)Cc1cc(Br)cc2c1OCC2. The molecule has 0 radical (unpaired) electrons. The van der Waals surface area contributed by atoms with Gasteiger partial charge >= 0.3 is 0 Å². The highest BCUT2D eigenvalue weighted by atomic mass is 79.9. The molecule has 0 saturated carbocycles. The summed E-state index contributed by atoms with van der Waals surface area (Å²) in [5.41, 5.74) is 8.83. The molecule has 100 valence electrons. The van der Waals surface area contributed by atoms with E-state index in [1.54, 1.807) is 0 Å². The number of hydrogen-bond acceptors (Lipinski definition) is 2. The summed E-state index contributed by atoms with van der Waals surface area (Å²) in [5.74, 6) is 1.56. The molecule has 0 saturated heterocycles. The Balaban J connectivity index is 2.29. The Morgan fingerprint density at radius 2 is 2.22 bits per heavy atom. The lowest BCUT2D eigenvalue weighted by Gasteiger charge is -2.31. The van der Waals surface area contributed by atoms with Crippen molar-refractivity contribution in [2.45, 2.75) is 45.6 Å². The van der Waals surface area contributed by atoms with Crippen molar-refractivity contribution in [2.24, 2.45) is 11.7 Å². The summed E-state index contributed by atoms with van der Waals surface area (Å²) in [4.78, 5) is 0. The number of fused-ring (bicyclic) bond motifs is 1. The van der Waals surface area contributed by atoms with Gasteiger partial charge in [-0.2, -0.15) is 0 Å². The average Bonchev–Trinajstić information content (AvgIpc) is 2.75. The first-order valence-corrected chi connectivity index (χ1v) is 7.46. The summed E-state index contributed by atoms with van der Waals surface area (Å²) < 4.78 is 6.89. The lowest BCUT2D eigenvalue weighted by molar-refractivity contribution is 0.298. The average molecular weight is 312 g/mol. The largest absolute Gasteiger partial charge is 0.493 e. The van der Waals surface area contributed by atoms with E-state index in [1.807, 2.05) is 0 Å². The van der Waals surface area contributed by atoms with E-state index in [2.05, 4.69) is 48.8 Å². The minimum atomic E-state index is -0.185. The molecular weight excluding hydrogens is 290 g/mol. The quantitative estimate of drug-likeness (QED) is 0.920. The molecule has 0 aromatic heterocycles. The maximum Gasteiger partial charge on any atom is 0.125 e. The van der Waals surface area contributed by atoms with E-state index >= 15 is 0 Å². The number of halogens is 1. The summed E-state index contributed by atoms with van der Waals surface area (Å²) in [7, 11) is 0. The maximum absolute atomic E-state index is 6.48. The van der Waals surface area contributed by atoms with Crippen LogP contribution in [-0.4, -0.2) is 12.1 Å². The zero-order chi connectivity index (χ0) is 13.3. The molecule has 2 rings (SSSR count). The fourth-order valence-corrected chi connectivity index (χ4v) is 3.08. The van der Waals surface area contributed by atoms with Gasteiger partial charge in [0.15, 0.2) is 0 Å². The molecule has 2 unspecified atom stereocenters. The van der Waals surface area contributed by atoms with Crippen LogP contribution in [0.25, 0.3) is 0 Å². The normalized spacial score (nSPS) is 18.9. The lowest BCUT2D eigenvalue weighted by atomic mass is 9.80. The van der Waals surface area contributed by atoms with Crippen LogP contribution in [0.2, 0.25) is 0 Å². The summed E-state index contributed by atoms with van der Waals surface area (Å²) >= 11 is 3.58. The molecule has 3 heteroatoms. The molecule has 0 aliphatic carbocycles. The first kappa shape index (κ1) is 13.9. The van der Waals surface area contributed by atoms with Crippen LogP contribution in [0, 0.1) is 5.92 Å². The molecule has 1 aliphatic rings. The molecule has 1 aliphatic heterocycles. The summed E-state index contributed by atoms with van der Waals surface area (Å²) in [6, 6.07) is 4.31. The Morgan fingerprint density at radius 3 is 2.89 bits per heavy atom. The van der Waals surface area contributed by atoms with Gasteiger partial charge in [-0.05, 0) is 42.5 Å². The van der Waals surface area contributed by atoms with Crippen LogP contribution in [0.15, 0.2) is 16.6 Å². The van der Waals surface area contributed by atoms with Crippen molar-refractivity contribution in [2.75, 3.05) is 6.61 Å². The number of nitrogens with two attached hydrogens (primary N) is 1. The topological polar surface area (TPSA) is 35.2 Å². The Bertz CT molecular complexity index is 442. The molecule has 1 aromatic rings. The van der Waals surface area contributed by atoms with Crippen LogP contribution in [-0.2, 0) is 12.8 Å². The van der Waals surface area contributed by atoms with Gasteiger partial charge in [-0.3, -0.25) is 0 Å². The maximum atomic E-state index is 6.48. The van der Waals surface area contributed by atoms with Gasteiger partial charge in [-0.1, -0.05) is 36.2 Å². The van der Waals surface area contributed by atoms with Gasteiger partial charge in [-0.25, -0.2) is 0 Å². The van der Waals surface area contributed by atoms with E-state index in [4.69, 9.17) is 10.5 Å². The number of hydrogen-bond donors (Lipinski definition) is 1. The third-order valence-corrected chi connectivity index (χ3v) is 4.59. The van der Waals surface area contributed by atoms with Crippen LogP contribution in [0.3, 0.4) is 0 Å². The molecular formula is C15H22BrNO. The lowest BCUT2D eigenvalue weighted by Crippen LogP contribution is -2.44. The second-order valence-electron chi connectivity index (χ2n) is 5.64. The molecule has 0 amide bonds. The van der Waals surface area contributed by atoms with E-state index in [0.717, 1.165) is 36.1 Å². The van der Waals surface area contributed by atoms with E-state index in [1.165, 1.54) is 11.1 Å². The number of benzene rings is 1. The third-order valence-electron chi connectivity index (χ3n) is 4.13. The molecule has 18 heavy (non-hydrogen) atoms. The predicted octanol–water partition coefficient (Wildman–Crippen LogP) is 3.69. The van der Waals surface area contributed by atoms with Crippen molar-refractivity contribution < 1.29 is 4.74 Å². The Kier molecular flexibility index (Phi) is 4.02. The summed E-state index contributed by atoms with van der Waals surface area (Å²) in [5, 5.41) is 0. The van der Waals surface area contributed by atoms with Gasteiger partial charge in [0.25, 0.3) is 0 Å². The van der Waals surface area contributed by atoms with Crippen molar-refractivity contribution in [1.29, 1.82) is 0 Å². The van der Waals surface area contributed by atoms with Crippen molar-refractivity contribution in [3.63, 3.8) is 0 Å². The van der Waals surface area contributed by atoms with Gasteiger partial charge < -0.3 is 10.5 Å². The highest BCUT2D eigenvalue weighted by Gasteiger charge is 2.28. The first-order valence-electron chi connectivity index (χ1n) is 6.67. The summed E-state index contributed by atoms with van der Waals surface area (Å²) in [6.45, 7) is 7.35. The van der Waals surface area contributed by atoms with Crippen molar-refractivity contribution in [3.05, 3.63) is 27.7 Å². The zero-order valence-corrected chi connectivity index (χ0v) is 13.0. The van der Waals surface area contributed by atoms with E-state index in [0.29, 0.717) is 5.92 Å². The van der Waals surface area contributed by atoms with Gasteiger partial charge in [0, 0.05) is 16.4 Å². The minimum Gasteiger partial charge on any atom is -0.493 e. The fourth-order valence-electron chi connectivity index (χ4n) is 2.53. The van der Waals surface area contributed by atoms with E-state index in [-0.39, 0.29) is 5.54 Å². The monoisotopic (exact) mass is 311 g/mol. The second kappa shape index (κ2) is 5.22. The van der Waals surface area contributed by atoms with Gasteiger partial charge in [0.2, 0.25) is 0 Å². The zero-order valence-electron chi connectivity index (χ0n) is 11.4. The van der Waals surface area contributed by atoms with Crippen LogP contribution < -0.4 is 10.5 Å². The standard InChI is InChI=1S/C15H22BrNO/c1-4-10(2)15(3,17)9-12-8-13(16)7-11-5-6-18-14(11)12/h7-8,10H,4-6,9,17H2,1-3H3. The van der Waals surface area contributed by atoms with Gasteiger partial charge in [0.05, 0.1) is 6.61 Å². The van der Waals surface area contributed by atoms with E-state index in [9.17, 15) is 0 Å². The summed E-state index contributed by atoms with van der Waals surface area (Å²) in [6.07, 6.45) is 2.97. The Morgan fingerprint density at radius 1 is 1.50 bits per heavy atom.